The summed E-state index contributed by atoms with van der Waals surface area (Å²) in [6.45, 7) is 3.84. The smallest absolute Gasteiger partial charge is 0.418 e. The van der Waals surface area contributed by atoms with Crippen molar-refractivity contribution in [3.63, 3.8) is 0 Å². The first-order chi connectivity index (χ1) is 19.2. The number of pyridine rings is 1. The van der Waals surface area contributed by atoms with Crippen LogP contribution in [-0.4, -0.2) is 70.3 Å². The Labute approximate surface area is 228 Å². The molecule has 212 valence electrons. The number of hydrogen-bond donors (Lipinski definition) is 2. The van der Waals surface area contributed by atoms with Gasteiger partial charge >= 0.3 is 12.2 Å². The van der Waals surface area contributed by atoms with Gasteiger partial charge in [-0.05, 0) is 75.9 Å². The van der Waals surface area contributed by atoms with Gasteiger partial charge < -0.3 is 20.7 Å². The van der Waals surface area contributed by atoms with Crippen molar-refractivity contribution in [2.75, 3.05) is 43.4 Å². The van der Waals surface area contributed by atoms with Crippen molar-refractivity contribution in [2.24, 2.45) is 0 Å². The predicted molar refractivity (Wildman–Crippen MR) is 143 cm³/mol. The van der Waals surface area contributed by atoms with Crippen molar-refractivity contribution in [2.45, 2.75) is 62.3 Å². The molecule has 1 aromatic carbocycles. The number of ether oxygens (including phenoxy) is 1. The van der Waals surface area contributed by atoms with E-state index in [1.165, 1.54) is 6.07 Å². The van der Waals surface area contributed by atoms with Crippen LogP contribution >= 0.6 is 0 Å². The number of nitrogens with one attached hydrogen (secondary N) is 1. The van der Waals surface area contributed by atoms with E-state index >= 15 is 4.39 Å². The van der Waals surface area contributed by atoms with Gasteiger partial charge in [0.25, 0.3) is 0 Å². The molecule has 0 aliphatic carbocycles. The van der Waals surface area contributed by atoms with Crippen molar-refractivity contribution in [3.05, 3.63) is 35.6 Å². The van der Waals surface area contributed by atoms with E-state index in [0.29, 0.717) is 43.0 Å². The molecule has 4 aliphatic rings. The monoisotopic (exact) mass is 557 g/mol. The minimum absolute atomic E-state index is 0.0362. The second-order valence-corrected chi connectivity index (χ2v) is 11.5. The lowest BCUT2D eigenvalue weighted by atomic mass is 9.95. The Morgan fingerprint density at radius 1 is 1.00 bits per heavy atom. The molecule has 2 aromatic heterocycles. The number of alkyl halides is 3. The highest BCUT2D eigenvalue weighted by atomic mass is 19.4. The molecule has 4 fully saturated rings. The number of nitrogens with two attached hydrogens (primary N) is 1. The van der Waals surface area contributed by atoms with Gasteiger partial charge in [0.2, 0.25) is 0 Å². The third-order valence-electron chi connectivity index (χ3n) is 9.04. The van der Waals surface area contributed by atoms with Gasteiger partial charge in [0.15, 0.2) is 5.82 Å². The highest BCUT2D eigenvalue weighted by Gasteiger charge is 2.45. The van der Waals surface area contributed by atoms with Crippen LogP contribution in [0.5, 0.6) is 6.01 Å². The fourth-order valence-corrected chi connectivity index (χ4v) is 7.15. The van der Waals surface area contributed by atoms with Gasteiger partial charge in [-0.15, -0.1) is 0 Å². The third kappa shape index (κ3) is 4.32. The maximum Gasteiger partial charge on any atom is 0.418 e. The molecular weight excluding hydrogens is 526 g/mol. The van der Waals surface area contributed by atoms with Gasteiger partial charge in [-0.2, -0.15) is 23.1 Å². The zero-order chi connectivity index (χ0) is 27.6. The van der Waals surface area contributed by atoms with Crippen molar-refractivity contribution >= 4 is 22.5 Å². The molecule has 4 aliphatic heterocycles. The number of benzene rings is 1. The maximum absolute atomic E-state index is 16.3. The normalized spacial score (nSPS) is 24.1. The van der Waals surface area contributed by atoms with E-state index in [1.54, 1.807) is 6.07 Å². The SMILES string of the molecule is Nc1ccc(C(F)(F)F)c(-c2ccc3c(N4CC5CCC(C4)N5)nc(OCC45CCCN4CCC5)nc3c2F)n1. The second kappa shape index (κ2) is 9.41. The maximum atomic E-state index is 16.3. The number of piperazine rings is 1. The molecule has 0 amide bonds. The van der Waals surface area contributed by atoms with Crippen molar-refractivity contribution in [1.82, 2.24) is 25.2 Å². The first-order valence-electron chi connectivity index (χ1n) is 13.9. The van der Waals surface area contributed by atoms with Gasteiger partial charge in [-0.3, -0.25) is 4.90 Å². The summed E-state index contributed by atoms with van der Waals surface area (Å²) < 4.78 is 64.0. The van der Waals surface area contributed by atoms with E-state index in [1.807, 2.05) is 0 Å². The van der Waals surface area contributed by atoms with E-state index in [9.17, 15) is 13.2 Å². The summed E-state index contributed by atoms with van der Waals surface area (Å²) in [4.78, 5) is 17.7. The number of anilines is 2. The number of fused-ring (bicyclic) bond motifs is 4. The minimum Gasteiger partial charge on any atom is -0.461 e. The van der Waals surface area contributed by atoms with Crippen LogP contribution in [0.15, 0.2) is 24.3 Å². The Hall–Kier alpha value is -3.25. The van der Waals surface area contributed by atoms with Gasteiger partial charge in [0, 0.05) is 36.1 Å². The van der Waals surface area contributed by atoms with E-state index < -0.39 is 23.3 Å². The summed E-state index contributed by atoms with van der Waals surface area (Å²) in [5.74, 6) is -0.509. The van der Waals surface area contributed by atoms with Gasteiger partial charge in [-0.1, -0.05) is 0 Å². The summed E-state index contributed by atoms with van der Waals surface area (Å²) in [5, 5.41) is 4.01. The zero-order valence-corrected chi connectivity index (χ0v) is 22.0. The molecule has 2 atom stereocenters. The Morgan fingerprint density at radius 2 is 1.73 bits per heavy atom. The van der Waals surface area contributed by atoms with Crippen LogP contribution in [0, 0.1) is 5.82 Å². The molecule has 6 heterocycles. The van der Waals surface area contributed by atoms with E-state index in [-0.39, 0.29) is 28.4 Å². The zero-order valence-electron chi connectivity index (χ0n) is 22.0. The second-order valence-electron chi connectivity index (χ2n) is 11.5. The van der Waals surface area contributed by atoms with Crippen LogP contribution in [0.4, 0.5) is 29.2 Å². The fourth-order valence-electron chi connectivity index (χ4n) is 7.15. The standard InChI is InChI=1S/C28H31F4N7O/c29-22-18(23-20(28(30,31)32)7-8-21(33)35-23)5-6-19-24(22)36-26(40-15-27-9-1-11-39(27)12-2-10-27)37-25(19)38-13-16-3-4-17(14-38)34-16/h5-8,16-17,34H,1-4,9-15H2,(H2,33,35). The van der Waals surface area contributed by atoms with Crippen molar-refractivity contribution < 1.29 is 22.3 Å². The minimum atomic E-state index is -4.74. The molecule has 2 bridgehead atoms. The van der Waals surface area contributed by atoms with Crippen molar-refractivity contribution in [1.29, 1.82) is 0 Å². The Bertz CT molecular complexity index is 1440. The van der Waals surface area contributed by atoms with E-state index in [2.05, 4.69) is 25.1 Å². The van der Waals surface area contributed by atoms with Crippen LogP contribution in [0.3, 0.4) is 0 Å². The summed E-state index contributed by atoms with van der Waals surface area (Å²) in [5.41, 5.74) is 3.62. The Kier molecular flexibility index (Phi) is 6.04. The van der Waals surface area contributed by atoms with E-state index in [0.717, 1.165) is 63.7 Å². The van der Waals surface area contributed by atoms with Gasteiger partial charge in [-0.25, -0.2) is 9.37 Å². The summed E-state index contributed by atoms with van der Waals surface area (Å²) in [7, 11) is 0. The third-order valence-corrected chi connectivity index (χ3v) is 9.04. The number of hydrogen-bond acceptors (Lipinski definition) is 8. The number of rotatable bonds is 5. The fraction of sp³-hybridized carbons (Fsp3) is 0.536. The van der Waals surface area contributed by atoms with Crippen molar-refractivity contribution in [3.8, 4) is 17.3 Å². The lowest BCUT2D eigenvalue weighted by Gasteiger charge is -2.34. The van der Waals surface area contributed by atoms with Gasteiger partial charge in [0.05, 0.1) is 16.8 Å². The molecule has 2 unspecified atom stereocenters. The highest BCUT2D eigenvalue weighted by Crippen LogP contribution is 2.42. The topological polar surface area (TPSA) is 92.4 Å². The number of nitrogens with zero attached hydrogens (tertiary/aromatic N) is 5. The largest absolute Gasteiger partial charge is 0.461 e. The molecule has 3 aromatic rings. The Morgan fingerprint density at radius 3 is 2.42 bits per heavy atom. The number of nitrogen functional groups attached to an aromatic ring is 1. The highest BCUT2D eigenvalue weighted by molar-refractivity contribution is 5.93. The first kappa shape index (κ1) is 25.7. The molecule has 0 spiro atoms. The van der Waals surface area contributed by atoms with Crippen LogP contribution in [0.25, 0.3) is 22.2 Å². The first-order valence-corrected chi connectivity index (χ1v) is 13.9. The van der Waals surface area contributed by atoms with Crippen LogP contribution < -0.4 is 20.7 Å². The summed E-state index contributed by atoms with van der Waals surface area (Å²) in [6.07, 6.45) is 1.60. The van der Waals surface area contributed by atoms with Crippen LogP contribution in [-0.2, 0) is 6.18 Å². The average molecular weight is 558 g/mol. The summed E-state index contributed by atoms with van der Waals surface area (Å²) in [6, 6.07) is 5.41. The molecule has 3 N–H and O–H groups in total. The van der Waals surface area contributed by atoms with Crippen LogP contribution in [0.1, 0.15) is 44.1 Å². The molecule has 12 heteroatoms. The number of halogens is 4. The molecule has 0 saturated carbocycles. The molecule has 40 heavy (non-hydrogen) atoms. The molecular formula is C28H31F4N7O. The molecule has 0 radical (unpaired) electrons. The molecule has 7 rings (SSSR count). The average Bonchev–Trinajstić information content (AvgIpc) is 3.60. The Balaban J connectivity index is 1.34. The lowest BCUT2D eigenvalue weighted by Crippen LogP contribution is -2.51. The quantitative estimate of drug-likeness (QED) is 0.447. The number of aromatic nitrogens is 3. The van der Waals surface area contributed by atoms with E-state index in [4.69, 9.17) is 15.5 Å². The van der Waals surface area contributed by atoms with Crippen LogP contribution in [0.2, 0.25) is 0 Å². The van der Waals surface area contributed by atoms with Gasteiger partial charge in [0.1, 0.15) is 23.8 Å². The predicted octanol–water partition coefficient (Wildman–Crippen LogP) is 4.38. The molecule has 4 saturated heterocycles. The summed E-state index contributed by atoms with van der Waals surface area (Å²) >= 11 is 0. The molecule has 8 nitrogen and oxygen atoms in total. The lowest BCUT2D eigenvalue weighted by molar-refractivity contribution is -0.137.